The molecule has 0 atom stereocenters. The zero-order valence-electron chi connectivity index (χ0n) is 17.8. The van der Waals surface area contributed by atoms with Crippen molar-refractivity contribution in [1.82, 2.24) is 4.31 Å². The van der Waals surface area contributed by atoms with E-state index in [-0.39, 0.29) is 23.1 Å². The summed E-state index contributed by atoms with van der Waals surface area (Å²) in [7, 11) is -7.17. The summed E-state index contributed by atoms with van der Waals surface area (Å²) in [4.78, 5) is 11.7. The Morgan fingerprint density at radius 1 is 1.00 bits per heavy atom. The molecule has 8 nitrogen and oxygen atoms in total. The quantitative estimate of drug-likeness (QED) is 0.653. The summed E-state index contributed by atoms with van der Waals surface area (Å²) in [5.41, 5.74) is 3.21. The van der Waals surface area contributed by atoms with Crippen molar-refractivity contribution < 1.29 is 21.6 Å². The predicted molar refractivity (Wildman–Crippen MR) is 121 cm³/mol. The summed E-state index contributed by atoms with van der Waals surface area (Å²) in [6.45, 7) is 5.66. The molecule has 0 saturated carbocycles. The van der Waals surface area contributed by atoms with E-state index in [0.717, 1.165) is 11.1 Å². The third-order valence-corrected chi connectivity index (χ3v) is 8.63. The highest BCUT2D eigenvalue weighted by molar-refractivity contribution is 7.92. The number of hydrogen-bond acceptors (Lipinski definition) is 5. The maximum absolute atomic E-state index is 12.9. The summed E-state index contributed by atoms with van der Waals surface area (Å²) in [6, 6.07) is 9.83. The van der Waals surface area contributed by atoms with Crippen LogP contribution in [0.4, 0.5) is 11.4 Å². The van der Waals surface area contributed by atoms with Crippen molar-refractivity contribution in [2.45, 2.75) is 45.1 Å². The van der Waals surface area contributed by atoms with Gasteiger partial charge >= 0.3 is 0 Å². The maximum Gasteiger partial charge on any atom is 0.262 e. The van der Waals surface area contributed by atoms with E-state index in [1.165, 1.54) is 10.4 Å². The van der Waals surface area contributed by atoms with Crippen molar-refractivity contribution in [2.75, 3.05) is 22.3 Å². The Bertz CT molecular complexity index is 1210. The van der Waals surface area contributed by atoms with Crippen LogP contribution in [0.15, 0.2) is 41.3 Å². The zero-order valence-corrected chi connectivity index (χ0v) is 19.4. The molecule has 1 aliphatic rings. The van der Waals surface area contributed by atoms with Gasteiger partial charge in [0.1, 0.15) is 0 Å². The second-order valence-corrected chi connectivity index (χ2v) is 11.4. The summed E-state index contributed by atoms with van der Waals surface area (Å²) in [6.07, 6.45) is 0.918. The SMILES string of the molecule is CCC(=O)Nc1ccc(S(=O)(=O)Nc2ccc3c(c2)CN(S(=O)(=O)CC)CC3)c(C)c1. The Balaban J connectivity index is 1.83. The number of benzene rings is 2. The van der Waals surface area contributed by atoms with Gasteiger partial charge in [0.25, 0.3) is 10.0 Å². The van der Waals surface area contributed by atoms with E-state index in [0.29, 0.717) is 36.3 Å². The molecule has 0 unspecified atom stereocenters. The van der Waals surface area contributed by atoms with E-state index < -0.39 is 20.0 Å². The van der Waals surface area contributed by atoms with E-state index in [9.17, 15) is 21.6 Å². The number of fused-ring (bicyclic) bond motifs is 1. The summed E-state index contributed by atoms with van der Waals surface area (Å²) in [5, 5.41) is 2.71. The largest absolute Gasteiger partial charge is 0.326 e. The second-order valence-electron chi connectivity index (χ2n) is 7.46. The molecule has 0 saturated heterocycles. The van der Waals surface area contributed by atoms with Gasteiger partial charge in [-0.15, -0.1) is 0 Å². The molecule has 0 radical (unpaired) electrons. The molecule has 2 aromatic rings. The number of carbonyl (C=O) groups excluding carboxylic acids is 1. The fraction of sp³-hybridized carbons (Fsp3) is 0.381. The van der Waals surface area contributed by atoms with E-state index in [4.69, 9.17) is 0 Å². The van der Waals surface area contributed by atoms with Gasteiger partial charge in [-0.25, -0.2) is 16.8 Å². The third-order valence-electron chi connectivity index (χ3n) is 5.26. The van der Waals surface area contributed by atoms with E-state index in [2.05, 4.69) is 10.0 Å². The van der Waals surface area contributed by atoms with Crippen LogP contribution in [0.25, 0.3) is 0 Å². The van der Waals surface area contributed by atoms with Crippen molar-refractivity contribution in [1.29, 1.82) is 0 Å². The Morgan fingerprint density at radius 3 is 2.35 bits per heavy atom. The van der Waals surface area contributed by atoms with Crippen LogP contribution in [-0.4, -0.2) is 39.3 Å². The van der Waals surface area contributed by atoms with Crippen molar-refractivity contribution in [2.24, 2.45) is 0 Å². The third kappa shape index (κ3) is 5.25. The minimum atomic E-state index is -3.86. The van der Waals surface area contributed by atoms with Crippen molar-refractivity contribution in [3.05, 3.63) is 53.1 Å². The van der Waals surface area contributed by atoms with Crippen molar-refractivity contribution in [3.8, 4) is 0 Å². The molecule has 0 fully saturated rings. The highest BCUT2D eigenvalue weighted by atomic mass is 32.2. The minimum Gasteiger partial charge on any atom is -0.326 e. The predicted octanol–water partition coefficient (Wildman–Crippen LogP) is 2.85. The first-order valence-electron chi connectivity index (χ1n) is 10.1. The number of carbonyl (C=O) groups is 1. The van der Waals surface area contributed by atoms with Crippen LogP contribution >= 0.6 is 0 Å². The smallest absolute Gasteiger partial charge is 0.262 e. The Labute approximate surface area is 183 Å². The van der Waals surface area contributed by atoms with Gasteiger partial charge in [0.05, 0.1) is 10.6 Å². The lowest BCUT2D eigenvalue weighted by Crippen LogP contribution is -2.36. The Morgan fingerprint density at radius 2 is 1.71 bits per heavy atom. The van der Waals surface area contributed by atoms with Crippen LogP contribution < -0.4 is 10.0 Å². The topological polar surface area (TPSA) is 113 Å². The number of sulfonamides is 2. The molecular weight excluding hydrogens is 438 g/mol. The standard InChI is InChI=1S/C21H27N3O5S2/c1-4-21(25)22-18-8-9-20(15(3)12-18)31(28,29)23-19-7-6-16-10-11-24(14-17(16)13-19)30(26,27)5-2/h6-9,12-13,23H,4-5,10-11,14H2,1-3H3,(H,22,25). The molecule has 1 aliphatic heterocycles. The number of nitrogens with zero attached hydrogens (tertiary/aromatic N) is 1. The lowest BCUT2D eigenvalue weighted by molar-refractivity contribution is -0.115. The van der Waals surface area contributed by atoms with Gasteiger partial charge in [0, 0.05) is 30.9 Å². The fourth-order valence-corrected chi connectivity index (χ4v) is 5.85. The summed E-state index contributed by atoms with van der Waals surface area (Å²) >= 11 is 0. The van der Waals surface area contributed by atoms with E-state index >= 15 is 0 Å². The summed E-state index contributed by atoms with van der Waals surface area (Å²) in [5.74, 6) is -0.121. The molecule has 2 N–H and O–H groups in total. The maximum atomic E-state index is 12.9. The van der Waals surface area contributed by atoms with Crippen LogP contribution in [0.5, 0.6) is 0 Å². The van der Waals surface area contributed by atoms with Crippen LogP contribution in [0.1, 0.15) is 37.0 Å². The van der Waals surface area contributed by atoms with Gasteiger partial charge in [-0.2, -0.15) is 4.31 Å². The van der Waals surface area contributed by atoms with Gasteiger partial charge in [-0.1, -0.05) is 13.0 Å². The monoisotopic (exact) mass is 465 g/mol. The first-order chi connectivity index (χ1) is 14.6. The van der Waals surface area contributed by atoms with Crippen LogP contribution in [0.3, 0.4) is 0 Å². The van der Waals surface area contributed by atoms with Gasteiger partial charge in [-0.05, 0) is 67.3 Å². The lowest BCUT2D eigenvalue weighted by atomic mass is 10.0. The van der Waals surface area contributed by atoms with Crippen LogP contribution in [0, 0.1) is 6.92 Å². The average Bonchev–Trinajstić information content (AvgIpc) is 2.72. The molecule has 168 valence electrons. The second kappa shape index (κ2) is 8.97. The number of nitrogens with one attached hydrogen (secondary N) is 2. The first-order valence-corrected chi connectivity index (χ1v) is 13.2. The lowest BCUT2D eigenvalue weighted by Gasteiger charge is -2.28. The number of anilines is 2. The highest BCUT2D eigenvalue weighted by Crippen LogP contribution is 2.27. The van der Waals surface area contributed by atoms with Gasteiger partial charge in [0.2, 0.25) is 15.9 Å². The van der Waals surface area contributed by atoms with Gasteiger partial charge in [-0.3, -0.25) is 9.52 Å². The van der Waals surface area contributed by atoms with Crippen LogP contribution in [-0.2, 0) is 37.8 Å². The number of rotatable bonds is 7. The first kappa shape index (κ1) is 23.2. The molecule has 0 bridgehead atoms. The molecule has 10 heteroatoms. The summed E-state index contributed by atoms with van der Waals surface area (Å²) < 4.78 is 54.3. The molecule has 2 aromatic carbocycles. The normalized spacial score (nSPS) is 14.7. The highest BCUT2D eigenvalue weighted by Gasteiger charge is 2.26. The zero-order chi connectivity index (χ0) is 22.8. The molecule has 3 rings (SSSR count). The molecule has 0 aliphatic carbocycles. The van der Waals surface area contributed by atoms with E-state index in [1.807, 2.05) is 6.07 Å². The van der Waals surface area contributed by atoms with Gasteiger partial charge in [0.15, 0.2) is 0 Å². The molecule has 1 amide bonds. The molecule has 1 heterocycles. The Kier molecular flexibility index (Phi) is 6.73. The number of hydrogen-bond donors (Lipinski definition) is 2. The van der Waals surface area contributed by atoms with Crippen molar-refractivity contribution in [3.63, 3.8) is 0 Å². The Hall–Kier alpha value is -2.43. The number of amides is 1. The average molecular weight is 466 g/mol. The van der Waals surface area contributed by atoms with Crippen LogP contribution in [0.2, 0.25) is 0 Å². The molecule has 0 aromatic heterocycles. The molecule has 31 heavy (non-hydrogen) atoms. The molecule has 0 spiro atoms. The number of aryl methyl sites for hydroxylation is 1. The minimum absolute atomic E-state index is 0.0304. The van der Waals surface area contributed by atoms with Crippen molar-refractivity contribution >= 4 is 37.3 Å². The van der Waals surface area contributed by atoms with E-state index in [1.54, 1.807) is 45.0 Å². The van der Waals surface area contributed by atoms with Gasteiger partial charge < -0.3 is 5.32 Å². The molecular formula is C21H27N3O5S2. The fourth-order valence-electron chi connectivity index (χ4n) is 3.50.